The highest BCUT2D eigenvalue weighted by Gasteiger charge is 2.51. The van der Waals surface area contributed by atoms with E-state index in [2.05, 4.69) is 4.99 Å². The second kappa shape index (κ2) is 9.29. The van der Waals surface area contributed by atoms with Crippen molar-refractivity contribution >= 4 is 28.6 Å². The summed E-state index contributed by atoms with van der Waals surface area (Å²) in [7, 11) is 1.80. The first-order valence-electron chi connectivity index (χ1n) is 10.6. The standard InChI is InChI=1S/C24H26N4O4S/c1-4-32-22(30)24(31)16-33-23(27(24)15-18-11-7-5-8-12-18)25-20-17(2)26(3)28(21(20)29)19-13-9-6-10-14-19/h5-14,31H,4,15-16H2,1-3H3. The van der Waals surface area contributed by atoms with Crippen LogP contribution in [-0.2, 0) is 23.1 Å². The Bertz CT molecular complexity index is 1240. The van der Waals surface area contributed by atoms with Crippen LogP contribution in [0.5, 0.6) is 0 Å². The molecule has 9 heteroatoms. The molecule has 0 amide bonds. The zero-order chi connectivity index (χ0) is 23.6. The number of ether oxygens (including phenoxy) is 1. The van der Waals surface area contributed by atoms with Crippen molar-refractivity contribution in [3.63, 3.8) is 0 Å². The van der Waals surface area contributed by atoms with Crippen molar-refractivity contribution < 1.29 is 14.6 Å². The fourth-order valence-corrected chi connectivity index (χ4v) is 4.86. The molecule has 1 aliphatic rings. The zero-order valence-electron chi connectivity index (χ0n) is 18.8. The lowest BCUT2D eigenvalue weighted by molar-refractivity contribution is -0.176. The lowest BCUT2D eigenvalue weighted by Gasteiger charge is -2.31. The van der Waals surface area contributed by atoms with Crippen LogP contribution in [0.3, 0.4) is 0 Å². The number of aromatic nitrogens is 2. The lowest BCUT2D eigenvalue weighted by Crippen LogP contribution is -2.54. The third-order valence-corrected chi connectivity index (χ3v) is 6.71. The molecule has 1 unspecified atom stereocenters. The highest BCUT2D eigenvalue weighted by Crippen LogP contribution is 2.35. The van der Waals surface area contributed by atoms with Gasteiger partial charge in [0.25, 0.3) is 5.56 Å². The molecule has 1 saturated heterocycles. The van der Waals surface area contributed by atoms with Crippen LogP contribution in [0.4, 0.5) is 5.69 Å². The minimum absolute atomic E-state index is 0.0518. The van der Waals surface area contributed by atoms with Crippen LogP contribution >= 0.6 is 11.8 Å². The molecule has 3 aromatic rings. The molecule has 1 fully saturated rings. The van der Waals surface area contributed by atoms with Gasteiger partial charge in [-0.1, -0.05) is 60.3 Å². The second-order valence-corrected chi connectivity index (χ2v) is 8.64. The number of aliphatic imine (C=N–C) groups is 1. The highest BCUT2D eigenvalue weighted by atomic mass is 32.2. The van der Waals surface area contributed by atoms with Gasteiger partial charge in [0, 0.05) is 13.6 Å². The third kappa shape index (κ3) is 4.21. The molecule has 2 aromatic carbocycles. The van der Waals surface area contributed by atoms with Crippen molar-refractivity contribution in [3.05, 3.63) is 82.3 Å². The second-order valence-electron chi connectivity index (χ2n) is 7.70. The summed E-state index contributed by atoms with van der Waals surface area (Å²) in [5.41, 5.74) is 0.389. The maximum atomic E-state index is 13.3. The quantitative estimate of drug-likeness (QED) is 0.562. The Hall–Kier alpha value is -3.30. The molecule has 2 heterocycles. The average molecular weight is 467 g/mol. The van der Waals surface area contributed by atoms with E-state index in [0.717, 1.165) is 11.3 Å². The van der Waals surface area contributed by atoms with Crippen molar-refractivity contribution in [1.82, 2.24) is 14.3 Å². The molecule has 1 aliphatic heterocycles. The smallest absolute Gasteiger partial charge is 0.360 e. The van der Waals surface area contributed by atoms with E-state index in [-0.39, 0.29) is 30.2 Å². The summed E-state index contributed by atoms with van der Waals surface area (Å²) in [6.07, 6.45) is 0. The summed E-state index contributed by atoms with van der Waals surface area (Å²) in [4.78, 5) is 32.2. The van der Waals surface area contributed by atoms with Crippen molar-refractivity contribution in [3.8, 4) is 5.69 Å². The van der Waals surface area contributed by atoms with Gasteiger partial charge in [-0.25, -0.2) is 14.5 Å². The fourth-order valence-electron chi connectivity index (χ4n) is 3.73. The van der Waals surface area contributed by atoms with Crippen LogP contribution in [0, 0.1) is 6.92 Å². The number of esters is 1. The SMILES string of the molecule is CCOC(=O)C1(O)CSC(=Nc2c(C)n(C)n(-c3ccccc3)c2=O)N1Cc1ccccc1. The Morgan fingerprint density at radius 1 is 1.15 bits per heavy atom. The molecular weight excluding hydrogens is 440 g/mol. The first-order valence-corrected chi connectivity index (χ1v) is 11.6. The molecule has 172 valence electrons. The van der Waals surface area contributed by atoms with Gasteiger partial charge >= 0.3 is 5.97 Å². The van der Waals surface area contributed by atoms with Gasteiger partial charge in [-0.05, 0) is 31.5 Å². The van der Waals surface area contributed by atoms with E-state index in [4.69, 9.17) is 4.74 Å². The maximum absolute atomic E-state index is 13.3. The van der Waals surface area contributed by atoms with E-state index < -0.39 is 11.7 Å². The number of para-hydroxylation sites is 1. The number of benzene rings is 2. The van der Waals surface area contributed by atoms with E-state index in [1.165, 1.54) is 16.7 Å². The van der Waals surface area contributed by atoms with Crippen molar-refractivity contribution in [2.45, 2.75) is 26.1 Å². The molecule has 33 heavy (non-hydrogen) atoms. The first-order chi connectivity index (χ1) is 15.9. The summed E-state index contributed by atoms with van der Waals surface area (Å²) < 4.78 is 8.45. The van der Waals surface area contributed by atoms with Gasteiger partial charge in [0.15, 0.2) is 10.9 Å². The third-order valence-electron chi connectivity index (χ3n) is 5.60. The van der Waals surface area contributed by atoms with Crippen LogP contribution in [-0.4, -0.2) is 48.6 Å². The average Bonchev–Trinajstić information content (AvgIpc) is 3.25. The van der Waals surface area contributed by atoms with Crippen LogP contribution in [0.2, 0.25) is 0 Å². The molecule has 1 atom stereocenters. The van der Waals surface area contributed by atoms with Gasteiger partial charge in [0.05, 0.1) is 23.7 Å². The van der Waals surface area contributed by atoms with Gasteiger partial charge in [-0.15, -0.1) is 0 Å². The molecule has 8 nitrogen and oxygen atoms in total. The number of hydrogen-bond donors (Lipinski definition) is 1. The summed E-state index contributed by atoms with van der Waals surface area (Å²) in [5.74, 6) is -0.680. The molecule has 0 radical (unpaired) electrons. The Morgan fingerprint density at radius 3 is 2.42 bits per heavy atom. The molecule has 0 aliphatic carbocycles. The van der Waals surface area contributed by atoms with Crippen molar-refractivity contribution in [2.24, 2.45) is 12.0 Å². The number of rotatable bonds is 6. The molecule has 0 spiro atoms. The van der Waals surface area contributed by atoms with Crippen LogP contribution in [0.25, 0.3) is 5.69 Å². The van der Waals surface area contributed by atoms with Gasteiger partial charge in [-0.2, -0.15) is 0 Å². The summed E-state index contributed by atoms with van der Waals surface area (Å²) in [6.45, 7) is 3.90. The zero-order valence-corrected chi connectivity index (χ0v) is 19.6. The molecular formula is C24H26N4O4S. The maximum Gasteiger partial charge on any atom is 0.360 e. The number of amidine groups is 1. The van der Waals surface area contributed by atoms with Gasteiger partial charge in [0.1, 0.15) is 0 Å². The normalized spacial score (nSPS) is 19.3. The largest absolute Gasteiger partial charge is 0.462 e. The Labute approximate surface area is 196 Å². The Morgan fingerprint density at radius 2 is 1.79 bits per heavy atom. The first kappa shape index (κ1) is 22.9. The van der Waals surface area contributed by atoms with E-state index in [0.29, 0.717) is 10.9 Å². The van der Waals surface area contributed by atoms with Gasteiger partial charge in [0.2, 0.25) is 5.72 Å². The fraction of sp³-hybridized carbons (Fsp3) is 0.292. The van der Waals surface area contributed by atoms with E-state index >= 15 is 0 Å². The van der Waals surface area contributed by atoms with E-state index in [1.54, 1.807) is 23.3 Å². The topological polar surface area (TPSA) is 89.1 Å². The molecule has 0 saturated carbocycles. The Balaban J connectivity index is 1.79. The molecule has 0 bridgehead atoms. The minimum Gasteiger partial charge on any atom is -0.462 e. The number of thioether (sulfide) groups is 1. The predicted octanol–water partition coefficient (Wildman–Crippen LogP) is 2.97. The molecule has 1 N–H and O–H groups in total. The van der Waals surface area contributed by atoms with Crippen molar-refractivity contribution in [1.29, 1.82) is 0 Å². The number of hydrogen-bond acceptors (Lipinski definition) is 6. The monoisotopic (exact) mass is 466 g/mol. The van der Waals surface area contributed by atoms with E-state index in [9.17, 15) is 14.7 Å². The lowest BCUT2D eigenvalue weighted by atomic mass is 10.1. The van der Waals surface area contributed by atoms with Crippen LogP contribution < -0.4 is 5.56 Å². The highest BCUT2D eigenvalue weighted by molar-refractivity contribution is 8.14. The Kier molecular flexibility index (Phi) is 6.44. The predicted molar refractivity (Wildman–Crippen MR) is 129 cm³/mol. The van der Waals surface area contributed by atoms with Gasteiger partial charge < -0.3 is 14.7 Å². The van der Waals surface area contributed by atoms with Gasteiger partial charge in [-0.3, -0.25) is 9.48 Å². The van der Waals surface area contributed by atoms with Crippen LogP contribution in [0.15, 0.2) is 70.5 Å². The summed E-state index contributed by atoms with van der Waals surface area (Å²) in [6, 6.07) is 18.8. The van der Waals surface area contributed by atoms with E-state index in [1.807, 2.05) is 67.6 Å². The number of carbonyl (C=O) groups excluding carboxylic acids is 1. The molecule has 1 aromatic heterocycles. The summed E-state index contributed by atoms with van der Waals surface area (Å²) in [5, 5.41) is 11.7. The minimum atomic E-state index is -1.88. The van der Waals surface area contributed by atoms with Crippen molar-refractivity contribution in [2.75, 3.05) is 12.4 Å². The number of aliphatic hydroxyl groups is 1. The molecule has 4 rings (SSSR count). The number of nitrogens with zero attached hydrogens (tertiary/aromatic N) is 4. The van der Waals surface area contributed by atoms with Crippen LogP contribution in [0.1, 0.15) is 18.2 Å². The number of carbonyl (C=O) groups is 1. The summed E-state index contributed by atoms with van der Waals surface area (Å²) >= 11 is 1.22.